The molecular formula is C19H38N2. The summed E-state index contributed by atoms with van der Waals surface area (Å²) in [6, 6.07) is 0. The monoisotopic (exact) mass is 294 g/mol. The van der Waals surface area contributed by atoms with Crippen LogP contribution in [0.25, 0.3) is 0 Å². The first-order valence-electron chi connectivity index (χ1n) is 9.53. The lowest BCUT2D eigenvalue weighted by atomic mass is 10.1. The van der Waals surface area contributed by atoms with Crippen molar-refractivity contribution in [3.05, 3.63) is 12.4 Å². The first kappa shape index (κ1) is 18.4. The number of hydrogen-bond acceptors (Lipinski definition) is 2. The third-order valence-corrected chi connectivity index (χ3v) is 4.55. The van der Waals surface area contributed by atoms with Crippen molar-refractivity contribution in [2.45, 2.75) is 97.6 Å². The predicted octanol–water partition coefficient (Wildman–Crippen LogP) is 5.75. The van der Waals surface area contributed by atoms with Gasteiger partial charge in [-0.3, -0.25) is 0 Å². The van der Waals surface area contributed by atoms with Gasteiger partial charge in [-0.05, 0) is 19.3 Å². The van der Waals surface area contributed by atoms with Crippen molar-refractivity contribution in [2.75, 3.05) is 13.1 Å². The summed E-state index contributed by atoms with van der Waals surface area (Å²) in [5.74, 6) is 0. The largest absolute Gasteiger partial charge is 0.356 e. The maximum atomic E-state index is 2.59. The van der Waals surface area contributed by atoms with E-state index in [0.717, 1.165) is 0 Å². The Bertz CT molecular complexity index is 262. The SMILES string of the molecule is CCCCCCCCCN1C=CN(CCCC)C1CCC. The van der Waals surface area contributed by atoms with Crippen molar-refractivity contribution >= 4 is 0 Å². The van der Waals surface area contributed by atoms with E-state index in [4.69, 9.17) is 0 Å². The average Bonchev–Trinajstić information content (AvgIpc) is 2.87. The second-order valence-electron chi connectivity index (χ2n) is 6.52. The zero-order chi connectivity index (χ0) is 15.3. The summed E-state index contributed by atoms with van der Waals surface area (Å²) in [6.45, 7) is 9.35. The molecule has 0 N–H and O–H groups in total. The Morgan fingerprint density at radius 1 is 0.619 bits per heavy atom. The highest BCUT2D eigenvalue weighted by Gasteiger charge is 2.24. The smallest absolute Gasteiger partial charge is 0.101 e. The van der Waals surface area contributed by atoms with Crippen LogP contribution < -0.4 is 0 Å². The van der Waals surface area contributed by atoms with Crippen LogP contribution in [0.2, 0.25) is 0 Å². The molecule has 1 aliphatic rings. The molecule has 1 atom stereocenters. The fourth-order valence-corrected chi connectivity index (χ4v) is 3.19. The summed E-state index contributed by atoms with van der Waals surface area (Å²) in [5.41, 5.74) is 0. The first-order valence-corrected chi connectivity index (χ1v) is 9.53. The minimum absolute atomic E-state index is 0.640. The number of nitrogens with zero attached hydrogens (tertiary/aromatic N) is 2. The minimum Gasteiger partial charge on any atom is -0.356 e. The van der Waals surface area contributed by atoms with Crippen molar-refractivity contribution in [1.82, 2.24) is 9.80 Å². The van der Waals surface area contributed by atoms with Crippen molar-refractivity contribution in [3.63, 3.8) is 0 Å². The fourth-order valence-electron chi connectivity index (χ4n) is 3.19. The van der Waals surface area contributed by atoms with Gasteiger partial charge in [0.15, 0.2) is 0 Å². The molecular weight excluding hydrogens is 256 g/mol. The molecule has 21 heavy (non-hydrogen) atoms. The molecule has 0 fully saturated rings. The standard InChI is InChI=1S/C19H38N2/c1-4-7-9-10-11-12-13-16-21-18-17-20(15-8-5-2)19(21)14-6-3/h17-19H,4-16H2,1-3H3. The molecule has 0 saturated carbocycles. The Balaban J connectivity index is 2.19. The van der Waals surface area contributed by atoms with E-state index < -0.39 is 0 Å². The summed E-state index contributed by atoms with van der Waals surface area (Å²) >= 11 is 0. The maximum Gasteiger partial charge on any atom is 0.101 e. The molecule has 0 radical (unpaired) electrons. The van der Waals surface area contributed by atoms with Crippen LogP contribution in [-0.4, -0.2) is 29.1 Å². The minimum atomic E-state index is 0.640. The van der Waals surface area contributed by atoms with Gasteiger partial charge in [0, 0.05) is 25.5 Å². The summed E-state index contributed by atoms with van der Waals surface area (Å²) < 4.78 is 0. The van der Waals surface area contributed by atoms with Crippen molar-refractivity contribution < 1.29 is 0 Å². The van der Waals surface area contributed by atoms with E-state index in [2.05, 4.69) is 43.0 Å². The van der Waals surface area contributed by atoms with Crippen molar-refractivity contribution in [1.29, 1.82) is 0 Å². The van der Waals surface area contributed by atoms with E-state index in [1.54, 1.807) is 0 Å². The zero-order valence-corrected chi connectivity index (χ0v) is 14.8. The number of rotatable bonds is 13. The van der Waals surface area contributed by atoms with E-state index in [0.29, 0.717) is 6.17 Å². The van der Waals surface area contributed by atoms with Gasteiger partial charge in [-0.15, -0.1) is 0 Å². The van der Waals surface area contributed by atoms with Gasteiger partial charge in [0.05, 0.1) is 0 Å². The molecule has 0 saturated heterocycles. The average molecular weight is 295 g/mol. The third-order valence-electron chi connectivity index (χ3n) is 4.55. The van der Waals surface area contributed by atoms with E-state index in [-0.39, 0.29) is 0 Å². The lowest BCUT2D eigenvalue weighted by Gasteiger charge is -2.32. The lowest BCUT2D eigenvalue weighted by molar-refractivity contribution is 0.138. The van der Waals surface area contributed by atoms with Crippen LogP contribution in [0, 0.1) is 0 Å². The van der Waals surface area contributed by atoms with Crippen LogP contribution in [0.4, 0.5) is 0 Å². The lowest BCUT2D eigenvalue weighted by Crippen LogP contribution is -2.39. The van der Waals surface area contributed by atoms with Gasteiger partial charge in [0.1, 0.15) is 6.17 Å². The highest BCUT2D eigenvalue weighted by atomic mass is 15.4. The number of unbranched alkanes of at least 4 members (excludes halogenated alkanes) is 7. The molecule has 2 nitrogen and oxygen atoms in total. The Kier molecular flexibility index (Phi) is 10.5. The van der Waals surface area contributed by atoms with Gasteiger partial charge < -0.3 is 9.80 Å². The molecule has 0 spiro atoms. The van der Waals surface area contributed by atoms with Crippen molar-refractivity contribution in [2.24, 2.45) is 0 Å². The van der Waals surface area contributed by atoms with Crippen LogP contribution in [0.3, 0.4) is 0 Å². The quantitative estimate of drug-likeness (QED) is 0.399. The molecule has 0 aromatic heterocycles. The van der Waals surface area contributed by atoms with Crippen LogP contribution >= 0.6 is 0 Å². The van der Waals surface area contributed by atoms with Crippen LogP contribution in [-0.2, 0) is 0 Å². The predicted molar refractivity (Wildman–Crippen MR) is 94.1 cm³/mol. The Morgan fingerprint density at radius 3 is 1.71 bits per heavy atom. The maximum absolute atomic E-state index is 2.59. The Labute approximate surface area is 133 Å². The summed E-state index contributed by atoms with van der Waals surface area (Å²) in [5, 5.41) is 0. The first-order chi connectivity index (χ1) is 10.3. The van der Waals surface area contributed by atoms with Gasteiger partial charge in [-0.25, -0.2) is 0 Å². The summed E-state index contributed by atoms with van der Waals surface area (Å²) in [4.78, 5) is 5.15. The van der Waals surface area contributed by atoms with Crippen molar-refractivity contribution in [3.8, 4) is 0 Å². The molecule has 124 valence electrons. The molecule has 1 heterocycles. The van der Waals surface area contributed by atoms with Crippen LogP contribution in [0.15, 0.2) is 12.4 Å². The normalized spacial score (nSPS) is 18.0. The van der Waals surface area contributed by atoms with Gasteiger partial charge in [0.25, 0.3) is 0 Å². The molecule has 0 bridgehead atoms. The molecule has 1 rings (SSSR count). The second kappa shape index (κ2) is 11.9. The van der Waals surface area contributed by atoms with E-state index >= 15 is 0 Å². The van der Waals surface area contributed by atoms with Gasteiger partial charge in [-0.1, -0.05) is 72.1 Å². The van der Waals surface area contributed by atoms with E-state index in [9.17, 15) is 0 Å². The fraction of sp³-hybridized carbons (Fsp3) is 0.895. The highest BCUT2D eigenvalue weighted by molar-refractivity contribution is 4.96. The second-order valence-corrected chi connectivity index (χ2v) is 6.52. The summed E-state index contributed by atoms with van der Waals surface area (Å²) in [6.07, 6.45) is 20.3. The molecule has 0 aromatic carbocycles. The highest BCUT2D eigenvalue weighted by Crippen LogP contribution is 2.21. The molecule has 1 aliphatic heterocycles. The van der Waals surface area contributed by atoms with E-state index in [1.165, 1.54) is 83.7 Å². The molecule has 1 unspecified atom stereocenters. The zero-order valence-electron chi connectivity index (χ0n) is 14.8. The molecule has 0 amide bonds. The molecule has 2 heteroatoms. The van der Waals surface area contributed by atoms with Gasteiger partial charge in [-0.2, -0.15) is 0 Å². The third kappa shape index (κ3) is 7.24. The molecule has 0 aliphatic carbocycles. The van der Waals surface area contributed by atoms with Crippen LogP contribution in [0.5, 0.6) is 0 Å². The number of hydrogen-bond donors (Lipinski definition) is 0. The Hall–Kier alpha value is -0.660. The van der Waals surface area contributed by atoms with E-state index in [1.807, 2.05) is 0 Å². The molecule has 0 aromatic rings. The van der Waals surface area contributed by atoms with Crippen LogP contribution in [0.1, 0.15) is 91.4 Å². The van der Waals surface area contributed by atoms with Gasteiger partial charge >= 0.3 is 0 Å². The summed E-state index contributed by atoms with van der Waals surface area (Å²) in [7, 11) is 0. The Morgan fingerprint density at radius 2 is 1.14 bits per heavy atom. The van der Waals surface area contributed by atoms with Gasteiger partial charge in [0.2, 0.25) is 0 Å². The topological polar surface area (TPSA) is 6.48 Å².